The van der Waals surface area contributed by atoms with Crippen LogP contribution in [0.4, 0.5) is 16.2 Å². The Balaban J connectivity index is 2.01. The van der Waals surface area contributed by atoms with E-state index in [4.69, 9.17) is 0 Å². The van der Waals surface area contributed by atoms with Gasteiger partial charge in [0.2, 0.25) is 0 Å². The van der Waals surface area contributed by atoms with Gasteiger partial charge in [0.15, 0.2) is 0 Å². The number of anilines is 2. The molecule has 0 bridgehead atoms. The minimum atomic E-state index is -0.750. The third-order valence-electron chi connectivity index (χ3n) is 4.61. The van der Waals surface area contributed by atoms with Gasteiger partial charge in [0.1, 0.15) is 5.57 Å². The van der Waals surface area contributed by atoms with Crippen molar-refractivity contribution in [3.63, 3.8) is 0 Å². The van der Waals surface area contributed by atoms with Gasteiger partial charge < -0.3 is 4.90 Å². The van der Waals surface area contributed by atoms with Crippen LogP contribution in [0, 0.1) is 13.8 Å². The molecule has 1 heterocycles. The van der Waals surface area contributed by atoms with Crippen molar-refractivity contribution in [3.8, 4) is 0 Å². The summed E-state index contributed by atoms with van der Waals surface area (Å²) in [6.45, 7) is 3.85. The maximum atomic E-state index is 13.0. The predicted octanol–water partition coefficient (Wildman–Crippen LogP) is 3.80. The van der Waals surface area contributed by atoms with Crippen molar-refractivity contribution in [2.45, 2.75) is 13.8 Å². The zero-order valence-corrected chi connectivity index (χ0v) is 17.6. The summed E-state index contributed by atoms with van der Waals surface area (Å²) in [5, 5.41) is 2.25. The zero-order chi connectivity index (χ0) is 20.6. The molecule has 0 atom stereocenters. The first kappa shape index (κ1) is 19.8. The van der Waals surface area contributed by atoms with Crippen molar-refractivity contribution < 1.29 is 14.4 Å². The monoisotopic (exact) mass is 441 g/mol. The van der Waals surface area contributed by atoms with Crippen molar-refractivity contribution in [2.24, 2.45) is 0 Å². The zero-order valence-electron chi connectivity index (χ0n) is 16.0. The van der Waals surface area contributed by atoms with Crippen LogP contribution in [-0.2, 0) is 9.59 Å². The number of aryl methyl sites for hydroxylation is 2. The van der Waals surface area contributed by atoms with Gasteiger partial charge in [-0.2, -0.15) is 0 Å². The second-order valence-corrected chi connectivity index (χ2v) is 7.69. The number of benzene rings is 2. The highest BCUT2D eigenvalue weighted by molar-refractivity contribution is 9.10. The lowest BCUT2D eigenvalue weighted by molar-refractivity contribution is -0.122. The van der Waals surface area contributed by atoms with Crippen molar-refractivity contribution in [3.05, 3.63) is 63.1 Å². The normalized spacial score (nSPS) is 15.8. The first-order valence-electron chi connectivity index (χ1n) is 8.64. The maximum absolute atomic E-state index is 13.0. The van der Waals surface area contributed by atoms with Crippen molar-refractivity contribution in [2.75, 3.05) is 23.9 Å². The highest BCUT2D eigenvalue weighted by Crippen LogP contribution is 2.28. The summed E-state index contributed by atoms with van der Waals surface area (Å²) in [6.07, 6.45) is 1.49. The van der Waals surface area contributed by atoms with E-state index in [2.05, 4.69) is 21.2 Å². The molecule has 0 radical (unpaired) electrons. The molecule has 0 aromatic heterocycles. The second-order valence-electron chi connectivity index (χ2n) is 6.83. The number of urea groups is 1. The number of nitrogens with zero attached hydrogens (tertiary/aromatic N) is 2. The molecular weight excluding hydrogens is 422 g/mol. The molecule has 0 spiro atoms. The lowest BCUT2D eigenvalue weighted by atomic mass is 10.0. The SMILES string of the molecule is Cc1ccc(N2C(=O)NC(=O)/C(=C\c3ccc(N(C)C)c(Br)c3)C2=O)cc1C. The van der Waals surface area contributed by atoms with Gasteiger partial charge in [-0.25, -0.2) is 9.69 Å². The summed E-state index contributed by atoms with van der Waals surface area (Å²) in [4.78, 5) is 40.5. The molecule has 1 saturated heterocycles. The van der Waals surface area contributed by atoms with Crippen LogP contribution in [0.1, 0.15) is 16.7 Å². The van der Waals surface area contributed by atoms with Gasteiger partial charge in [-0.15, -0.1) is 0 Å². The number of rotatable bonds is 3. The molecule has 3 rings (SSSR count). The average Bonchev–Trinajstić information content (AvgIpc) is 2.61. The average molecular weight is 442 g/mol. The Morgan fingerprint density at radius 1 is 1.00 bits per heavy atom. The summed E-state index contributed by atoms with van der Waals surface area (Å²) in [6, 6.07) is 10.0. The van der Waals surface area contributed by atoms with Crippen LogP contribution in [0.25, 0.3) is 6.08 Å². The molecule has 28 heavy (non-hydrogen) atoms. The Kier molecular flexibility index (Phi) is 5.38. The number of amides is 4. The molecule has 0 aliphatic carbocycles. The number of imide groups is 2. The van der Waals surface area contributed by atoms with E-state index in [0.717, 1.165) is 26.2 Å². The molecule has 0 saturated carbocycles. The van der Waals surface area contributed by atoms with Gasteiger partial charge in [0.25, 0.3) is 11.8 Å². The maximum Gasteiger partial charge on any atom is 0.335 e. The molecule has 2 aromatic carbocycles. The summed E-state index contributed by atoms with van der Waals surface area (Å²) in [5.41, 5.74) is 3.96. The van der Waals surface area contributed by atoms with Crippen LogP contribution < -0.4 is 15.1 Å². The van der Waals surface area contributed by atoms with E-state index in [1.807, 2.05) is 57.1 Å². The fourth-order valence-electron chi connectivity index (χ4n) is 2.90. The van der Waals surface area contributed by atoms with Gasteiger partial charge in [0.05, 0.1) is 11.4 Å². The molecule has 4 amide bonds. The van der Waals surface area contributed by atoms with Crippen LogP contribution in [0.2, 0.25) is 0 Å². The fraction of sp³-hybridized carbons (Fsp3) is 0.190. The number of halogens is 1. The van der Waals surface area contributed by atoms with Crippen LogP contribution in [0.15, 0.2) is 46.4 Å². The highest BCUT2D eigenvalue weighted by Gasteiger charge is 2.36. The van der Waals surface area contributed by atoms with Gasteiger partial charge in [0, 0.05) is 18.6 Å². The minimum absolute atomic E-state index is 0.0951. The molecule has 7 heteroatoms. The molecule has 6 nitrogen and oxygen atoms in total. The molecule has 1 fully saturated rings. The summed E-state index contributed by atoms with van der Waals surface area (Å²) in [7, 11) is 3.84. The van der Waals surface area contributed by atoms with Crippen LogP contribution in [0.3, 0.4) is 0 Å². The smallest absolute Gasteiger partial charge is 0.335 e. The first-order valence-corrected chi connectivity index (χ1v) is 9.44. The number of hydrogen-bond donors (Lipinski definition) is 1. The van der Waals surface area contributed by atoms with Crippen LogP contribution in [-0.4, -0.2) is 31.9 Å². The summed E-state index contributed by atoms with van der Waals surface area (Å²) < 4.78 is 0.831. The molecule has 1 N–H and O–H groups in total. The largest absolute Gasteiger partial charge is 0.377 e. The lowest BCUT2D eigenvalue weighted by Crippen LogP contribution is -2.54. The number of carbonyl (C=O) groups is 3. The minimum Gasteiger partial charge on any atom is -0.377 e. The molecular formula is C21H20BrN3O3. The first-order chi connectivity index (χ1) is 13.2. The van der Waals surface area contributed by atoms with E-state index in [1.165, 1.54) is 6.08 Å². The Morgan fingerprint density at radius 2 is 1.71 bits per heavy atom. The van der Waals surface area contributed by atoms with Gasteiger partial charge in [-0.3, -0.25) is 14.9 Å². The van der Waals surface area contributed by atoms with Crippen molar-refractivity contribution in [1.82, 2.24) is 5.32 Å². The molecule has 2 aromatic rings. The van der Waals surface area contributed by atoms with Gasteiger partial charge in [-0.05, 0) is 76.8 Å². The Labute approximate surface area is 171 Å². The van der Waals surface area contributed by atoms with Crippen molar-refractivity contribution >= 4 is 51.2 Å². The standard InChI is InChI=1S/C21H20BrN3O3/c1-12-5-7-15(9-13(12)2)25-20(27)16(19(26)23-21(25)28)10-14-6-8-18(24(3)4)17(22)11-14/h5-11H,1-4H3,(H,23,26,28)/b16-10+. The summed E-state index contributed by atoms with van der Waals surface area (Å²) >= 11 is 3.49. The Hall–Kier alpha value is -2.93. The van der Waals surface area contributed by atoms with E-state index in [9.17, 15) is 14.4 Å². The molecule has 0 unspecified atom stereocenters. The van der Waals surface area contributed by atoms with E-state index >= 15 is 0 Å². The Bertz CT molecular complexity index is 1030. The third kappa shape index (κ3) is 3.71. The number of barbiturate groups is 1. The number of hydrogen-bond acceptors (Lipinski definition) is 4. The predicted molar refractivity (Wildman–Crippen MR) is 113 cm³/mol. The number of carbonyl (C=O) groups excluding carboxylic acids is 3. The lowest BCUT2D eigenvalue weighted by Gasteiger charge is -2.27. The second kappa shape index (κ2) is 7.59. The van der Waals surface area contributed by atoms with E-state index in [-0.39, 0.29) is 5.57 Å². The van der Waals surface area contributed by atoms with Gasteiger partial charge in [-0.1, -0.05) is 12.1 Å². The molecule has 1 aliphatic rings. The molecule has 1 aliphatic heterocycles. The van der Waals surface area contributed by atoms with Crippen molar-refractivity contribution in [1.29, 1.82) is 0 Å². The quantitative estimate of drug-likeness (QED) is 0.580. The van der Waals surface area contributed by atoms with Crippen LogP contribution in [0.5, 0.6) is 0 Å². The van der Waals surface area contributed by atoms with E-state index in [1.54, 1.807) is 12.1 Å². The third-order valence-corrected chi connectivity index (χ3v) is 5.25. The Morgan fingerprint density at radius 3 is 2.32 bits per heavy atom. The van der Waals surface area contributed by atoms with Gasteiger partial charge >= 0.3 is 6.03 Å². The molecule has 144 valence electrons. The van der Waals surface area contributed by atoms with E-state index in [0.29, 0.717) is 11.3 Å². The van der Waals surface area contributed by atoms with E-state index < -0.39 is 17.8 Å². The fourth-order valence-corrected chi connectivity index (χ4v) is 3.65. The van der Waals surface area contributed by atoms with Crippen LogP contribution >= 0.6 is 15.9 Å². The summed E-state index contributed by atoms with van der Waals surface area (Å²) in [5.74, 6) is -1.35. The highest BCUT2D eigenvalue weighted by atomic mass is 79.9. The topological polar surface area (TPSA) is 69.7 Å². The number of nitrogens with one attached hydrogen (secondary N) is 1.